The lowest BCUT2D eigenvalue weighted by molar-refractivity contribution is 0.403. The van der Waals surface area contributed by atoms with Gasteiger partial charge in [0.25, 0.3) is 0 Å². The van der Waals surface area contributed by atoms with E-state index in [1.165, 1.54) is 0 Å². The molecule has 0 bridgehead atoms. The molecule has 0 unspecified atom stereocenters. The number of pyridine rings is 2. The summed E-state index contributed by atoms with van der Waals surface area (Å²) < 4.78 is 13.5. The Labute approximate surface area is 216 Å². The van der Waals surface area contributed by atoms with Crippen molar-refractivity contribution in [2.24, 2.45) is 0 Å². The molecule has 4 heterocycles. The van der Waals surface area contributed by atoms with Gasteiger partial charge >= 0.3 is 0 Å². The van der Waals surface area contributed by atoms with Crippen molar-refractivity contribution in [2.75, 3.05) is 19.1 Å². The van der Waals surface area contributed by atoms with Gasteiger partial charge < -0.3 is 24.3 Å². The smallest absolute Gasteiger partial charge is 0.174 e. The summed E-state index contributed by atoms with van der Waals surface area (Å²) in [6, 6.07) is 17.6. The lowest BCUT2D eigenvalue weighted by Crippen LogP contribution is -2.30. The minimum Gasteiger partial charge on any atom is -0.497 e. The Balaban J connectivity index is 1.73. The maximum Gasteiger partial charge on any atom is 0.174 e. The van der Waals surface area contributed by atoms with E-state index in [2.05, 4.69) is 57.7 Å². The van der Waals surface area contributed by atoms with Gasteiger partial charge in [-0.2, -0.15) is 0 Å². The molecule has 8 heteroatoms. The van der Waals surface area contributed by atoms with Crippen LogP contribution in [0.5, 0.6) is 11.5 Å². The van der Waals surface area contributed by atoms with Gasteiger partial charge in [0.1, 0.15) is 17.3 Å². The number of rotatable bonds is 6. The average molecular weight is 500 g/mol. The molecule has 2 atom stereocenters. The van der Waals surface area contributed by atoms with Crippen LogP contribution in [0.25, 0.3) is 5.82 Å². The van der Waals surface area contributed by atoms with E-state index in [0.29, 0.717) is 10.9 Å². The molecule has 1 saturated heterocycles. The lowest BCUT2D eigenvalue weighted by Gasteiger charge is -2.29. The minimum atomic E-state index is -0.183. The molecule has 0 amide bonds. The average Bonchev–Trinajstić information content (AvgIpc) is 3.39. The largest absolute Gasteiger partial charge is 0.497 e. The Morgan fingerprint density at radius 1 is 0.917 bits per heavy atom. The Bertz CT molecular complexity index is 1420. The summed E-state index contributed by atoms with van der Waals surface area (Å²) in [6.45, 7) is 6.32. The zero-order chi connectivity index (χ0) is 25.4. The predicted octanol–water partition coefficient (Wildman–Crippen LogP) is 5.39. The fourth-order valence-electron chi connectivity index (χ4n) is 5.04. The van der Waals surface area contributed by atoms with Crippen LogP contribution in [0.4, 0.5) is 5.69 Å². The molecule has 5 rings (SSSR count). The van der Waals surface area contributed by atoms with E-state index in [-0.39, 0.29) is 12.1 Å². The second kappa shape index (κ2) is 9.62. The van der Waals surface area contributed by atoms with Crippen molar-refractivity contribution in [1.29, 1.82) is 0 Å². The summed E-state index contributed by atoms with van der Waals surface area (Å²) in [6.07, 6.45) is 3.64. The number of hydrogen-bond donors (Lipinski definition) is 1. The summed E-state index contributed by atoms with van der Waals surface area (Å²) in [7, 11) is 3.32. The third kappa shape index (κ3) is 3.97. The van der Waals surface area contributed by atoms with Crippen molar-refractivity contribution in [3.8, 4) is 17.3 Å². The van der Waals surface area contributed by atoms with Crippen LogP contribution in [0.2, 0.25) is 0 Å². The van der Waals surface area contributed by atoms with Crippen LogP contribution in [-0.4, -0.2) is 33.9 Å². The summed E-state index contributed by atoms with van der Waals surface area (Å²) in [5, 5.41) is 4.13. The van der Waals surface area contributed by atoms with Crippen LogP contribution in [0.3, 0.4) is 0 Å². The molecule has 4 aromatic rings. The monoisotopic (exact) mass is 499 g/mol. The highest BCUT2D eigenvalue weighted by atomic mass is 32.1. The number of benzene rings is 1. The quantitative estimate of drug-likeness (QED) is 0.357. The van der Waals surface area contributed by atoms with Crippen molar-refractivity contribution in [3.63, 3.8) is 0 Å². The number of anilines is 1. The van der Waals surface area contributed by atoms with E-state index in [4.69, 9.17) is 21.7 Å². The second-order valence-corrected chi connectivity index (χ2v) is 9.23. The van der Waals surface area contributed by atoms with Crippen molar-refractivity contribution in [2.45, 2.75) is 32.9 Å². The first-order valence-corrected chi connectivity index (χ1v) is 12.2. The highest BCUT2D eigenvalue weighted by Crippen LogP contribution is 2.47. The number of nitrogens with zero attached hydrogens (tertiary/aromatic N) is 4. The summed E-state index contributed by atoms with van der Waals surface area (Å²) in [5.41, 5.74) is 6.17. The van der Waals surface area contributed by atoms with Gasteiger partial charge in [0.05, 0.1) is 37.7 Å². The molecule has 1 aliphatic heterocycles. The first-order chi connectivity index (χ1) is 17.4. The van der Waals surface area contributed by atoms with E-state index in [1.807, 2.05) is 54.9 Å². The topological polar surface area (TPSA) is 64.4 Å². The van der Waals surface area contributed by atoms with Gasteiger partial charge in [-0.25, -0.2) is 4.98 Å². The van der Waals surface area contributed by atoms with Crippen LogP contribution < -0.4 is 19.7 Å². The van der Waals surface area contributed by atoms with Gasteiger partial charge in [-0.05, 0) is 80.5 Å². The van der Waals surface area contributed by atoms with Gasteiger partial charge in [0.15, 0.2) is 5.11 Å². The van der Waals surface area contributed by atoms with E-state index < -0.39 is 0 Å². The fraction of sp³-hybridized carbons (Fsp3) is 0.250. The Morgan fingerprint density at radius 2 is 1.72 bits per heavy atom. The van der Waals surface area contributed by atoms with Crippen LogP contribution in [0.15, 0.2) is 67.0 Å². The highest BCUT2D eigenvalue weighted by Gasteiger charge is 2.43. The Morgan fingerprint density at radius 3 is 2.42 bits per heavy atom. The molecule has 0 saturated carbocycles. The van der Waals surface area contributed by atoms with Gasteiger partial charge in [-0.3, -0.25) is 4.98 Å². The number of thiocarbonyl (C=S) groups is 1. The molecule has 3 aromatic heterocycles. The Kier molecular flexibility index (Phi) is 6.36. The van der Waals surface area contributed by atoms with E-state index >= 15 is 0 Å². The number of hydrogen-bond acceptors (Lipinski definition) is 5. The molecule has 184 valence electrons. The number of aryl methyl sites for hydroxylation is 2. The molecule has 0 aliphatic carbocycles. The van der Waals surface area contributed by atoms with E-state index in [1.54, 1.807) is 14.2 Å². The molecule has 0 spiro atoms. The highest BCUT2D eigenvalue weighted by molar-refractivity contribution is 7.80. The molecular weight excluding hydrogens is 470 g/mol. The maximum atomic E-state index is 5.93. The molecule has 1 aromatic carbocycles. The number of ether oxygens (including phenoxy) is 2. The van der Waals surface area contributed by atoms with Crippen LogP contribution in [0, 0.1) is 20.8 Å². The molecule has 1 aliphatic rings. The first-order valence-electron chi connectivity index (χ1n) is 11.8. The summed E-state index contributed by atoms with van der Waals surface area (Å²) >= 11 is 5.93. The van der Waals surface area contributed by atoms with E-state index in [9.17, 15) is 0 Å². The SMILES string of the molecule is COc1ccc(OC)c(N2C(=S)N[C@H](c3ccccn3)[C@H]2c2cc(C)n(-c3ncccc3C)c2C)c1. The molecule has 0 radical (unpaired) electrons. The van der Waals surface area contributed by atoms with Crippen molar-refractivity contribution < 1.29 is 9.47 Å². The summed E-state index contributed by atoms with van der Waals surface area (Å²) in [5.74, 6) is 2.36. The molecule has 1 N–H and O–H groups in total. The van der Waals surface area contributed by atoms with Crippen molar-refractivity contribution >= 4 is 23.0 Å². The Hall–Kier alpha value is -3.91. The number of methoxy groups -OCH3 is 2. The standard InChI is InChI=1S/C28H29N5O2S/c1-17-9-8-14-30-27(17)32-18(2)15-21(19(32)3)26-25(22-10-6-7-13-29-22)31-28(36)33(26)23-16-20(34-4)11-12-24(23)35-5/h6-16,25-26H,1-5H3,(H,31,36)/t25-,26-/m1/s1. The van der Waals surface area contributed by atoms with Gasteiger partial charge in [-0.15, -0.1) is 0 Å². The lowest BCUT2D eigenvalue weighted by atomic mass is 9.96. The van der Waals surface area contributed by atoms with Crippen LogP contribution in [-0.2, 0) is 0 Å². The van der Waals surface area contributed by atoms with Gasteiger partial charge in [0.2, 0.25) is 0 Å². The minimum absolute atomic E-state index is 0.173. The number of nitrogens with one attached hydrogen (secondary N) is 1. The third-order valence-corrected chi connectivity index (χ3v) is 7.04. The first kappa shape index (κ1) is 23.8. The molecule has 36 heavy (non-hydrogen) atoms. The van der Waals surface area contributed by atoms with Crippen LogP contribution >= 0.6 is 12.2 Å². The molecular formula is C28H29N5O2S. The zero-order valence-corrected chi connectivity index (χ0v) is 21.8. The fourth-order valence-corrected chi connectivity index (χ4v) is 5.38. The third-order valence-electron chi connectivity index (χ3n) is 6.73. The van der Waals surface area contributed by atoms with Crippen molar-refractivity contribution in [3.05, 3.63) is 95.2 Å². The predicted molar refractivity (Wildman–Crippen MR) is 145 cm³/mol. The molecule has 1 fully saturated rings. The molecule has 7 nitrogen and oxygen atoms in total. The normalized spacial score (nSPS) is 17.2. The van der Waals surface area contributed by atoms with Gasteiger partial charge in [0, 0.05) is 29.8 Å². The van der Waals surface area contributed by atoms with Gasteiger partial charge in [-0.1, -0.05) is 12.1 Å². The number of aromatic nitrogens is 3. The van der Waals surface area contributed by atoms with Crippen molar-refractivity contribution in [1.82, 2.24) is 19.9 Å². The zero-order valence-electron chi connectivity index (χ0n) is 21.0. The maximum absolute atomic E-state index is 5.93. The second-order valence-electron chi connectivity index (χ2n) is 8.84. The van der Waals surface area contributed by atoms with E-state index in [0.717, 1.165) is 45.5 Å². The summed E-state index contributed by atoms with van der Waals surface area (Å²) in [4.78, 5) is 11.5. The van der Waals surface area contributed by atoms with Crippen LogP contribution in [0.1, 0.15) is 40.3 Å².